The summed E-state index contributed by atoms with van der Waals surface area (Å²) in [4.78, 5) is 34.5. The number of rotatable bonds is 17. The van der Waals surface area contributed by atoms with E-state index in [-0.39, 0.29) is 24.0 Å². The summed E-state index contributed by atoms with van der Waals surface area (Å²) in [6, 6.07) is 0. The molecule has 0 saturated carbocycles. The van der Waals surface area contributed by atoms with Gasteiger partial charge in [-0.2, -0.15) is 0 Å². The molecule has 0 aromatic heterocycles. The first-order valence-electron chi connectivity index (χ1n) is 11.1. The minimum absolute atomic E-state index is 0.103. The fourth-order valence-electron chi connectivity index (χ4n) is 3.61. The zero-order valence-corrected chi connectivity index (χ0v) is 19.1. The van der Waals surface area contributed by atoms with Crippen LogP contribution in [-0.2, 0) is 23.9 Å². The molecule has 0 radical (unpaired) electrons. The number of carbonyl (C=O) groups is 3. The third kappa shape index (κ3) is 13.3. The molecule has 0 heterocycles. The fraction of sp³-hybridized carbons (Fsp3) is 0.870. The van der Waals surface area contributed by atoms with Crippen molar-refractivity contribution >= 4 is 17.9 Å². The Morgan fingerprint density at radius 1 is 0.897 bits per heavy atom. The lowest BCUT2D eigenvalue weighted by molar-refractivity contribution is -0.151. The number of ether oxygens (including phenoxy) is 2. The van der Waals surface area contributed by atoms with E-state index in [1.54, 1.807) is 0 Å². The van der Waals surface area contributed by atoms with Crippen LogP contribution >= 0.6 is 0 Å². The Kier molecular flexibility index (Phi) is 14.4. The number of methoxy groups -OCH3 is 1. The van der Waals surface area contributed by atoms with Crippen LogP contribution in [0.4, 0.5) is 0 Å². The smallest absolute Gasteiger partial charge is 0.311 e. The molecule has 0 saturated heterocycles. The third-order valence-electron chi connectivity index (χ3n) is 5.48. The molecule has 0 aliphatic rings. The van der Waals surface area contributed by atoms with E-state index in [0.717, 1.165) is 64.2 Å². The lowest BCUT2D eigenvalue weighted by Gasteiger charge is -2.21. The van der Waals surface area contributed by atoms with E-state index in [2.05, 4.69) is 6.92 Å². The highest BCUT2D eigenvalue weighted by molar-refractivity contribution is 5.75. The van der Waals surface area contributed by atoms with Gasteiger partial charge in [0.2, 0.25) is 0 Å². The average molecular weight is 415 g/mol. The quantitative estimate of drug-likeness (QED) is 0.249. The number of carboxylic acids is 1. The molecule has 0 amide bonds. The van der Waals surface area contributed by atoms with Gasteiger partial charge in [-0.15, -0.1) is 0 Å². The van der Waals surface area contributed by atoms with Crippen LogP contribution in [0.15, 0.2) is 0 Å². The van der Waals surface area contributed by atoms with Gasteiger partial charge in [0.25, 0.3) is 0 Å². The first-order chi connectivity index (χ1) is 13.6. The van der Waals surface area contributed by atoms with Gasteiger partial charge in [-0.25, -0.2) is 0 Å². The summed E-state index contributed by atoms with van der Waals surface area (Å²) >= 11 is 0. The highest BCUT2D eigenvalue weighted by atomic mass is 16.5. The number of carboxylic acid groups (broad SMARTS) is 1. The first-order valence-corrected chi connectivity index (χ1v) is 11.1. The summed E-state index contributed by atoms with van der Waals surface area (Å²) in [6.45, 7) is 7.31. The van der Waals surface area contributed by atoms with E-state index in [1.165, 1.54) is 14.0 Å². The summed E-state index contributed by atoms with van der Waals surface area (Å²) in [5.41, 5.74) is -0.496. The number of hydrogen-bond donors (Lipinski definition) is 1. The summed E-state index contributed by atoms with van der Waals surface area (Å²) in [6.07, 6.45) is 10.1. The molecular formula is C23H42O6. The van der Waals surface area contributed by atoms with Crippen molar-refractivity contribution < 1.29 is 29.0 Å². The molecule has 6 heteroatoms. The summed E-state index contributed by atoms with van der Waals surface area (Å²) in [7, 11) is 1.40. The molecule has 2 atom stereocenters. The minimum atomic E-state index is -0.755. The zero-order chi connectivity index (χ0) is 22.3. The van der Waals surface area contributed by atoms with Crippen LogP contribution in [0.3, 0.4) is 0 Å². The molecule has 0 aliphatic heterocycles. The molecule has 0 aromatic rings. The van der Waals surface area contributed by atoms with Crippen molar-refractivity contribution in [2.24, 2.45) is 11.3 Å². The molecule has 0 spiro atoms. The van der Waals surface area contributed by atoms with E-state index in [1.807, 2.05) is 13.8 Å². The van der Waals surface area contributed by atoms with Crippen molar-refractivity contribution in [3.05, 3.63) is 0 Å². The Morgan fingerprint density at radius 3 is 2.03 bits per heavy atom. The highest BCUT2D eigenvalue weighted by Gasteiger charge is 2.27. The summed E-state index contributed by atoms with van der Waals surface area (Å²) in [5.74, 6) is -1.59. The number of carbonyl (C=O) groups excluding carboxylic acids is 2. The van der Waals surface area contributed by atoms with Crippen LogP contribution in [0.5, 0.6) is 0 Å². The standard InChI is InChI=1S/C23H42O6/c1-6-7-9-15-20(29-18(2)24)16-12-14-19(21(25)26)13-10-8-11-17-23(3,4)22(27)28-5/h19-20H,6-17H2,1-5H3,(H,25,26). The number of hydrogen-bond acceptors (Lipinski definition) is 5. The molecule has 29 heavy (non-hydrogen) atoms. The van der Waals surface area contributed by atoms with Gasteiger partial charge in [0.1, 0.15) is 6.10 Å². The highest BCUT2D eigenvalue weighted by Crippen LogP contribution is 2.26. The Balaban J connectivity index is 4.25. The van der Waals surface area contributed by atoms with Gasteiger partial charge < -0.3 is 14.6 Å². The van der Waals surface area contributed by atoms with Crippen molar-refractivity contribution in [3.8, 4) is 0 Å². The maximum Gasteiger partial charge on any atom is 0.311 e. The van der Waals surface area contributed by atoms with Crippen molar-refractivity contribution in [3.63, 3.8) is 0 Å². The van der Waals surface area contributed by atoms with Crippen molar-refractivity contribution in [1.29, 1.82) is 0 Å². The second kappa shape index (κ2) is 15.3. The Bertz CT molecular complexity index is 486. The zero-order valence-electron chi connectivity index (χ0n) is 19.1. The van der Waals surface area contributed by atoms with E-state index in [0.29, 0.717) is 12.8 Å². The minimum Gasteiger partial charge on any atom is -0.481 e. The van der Waals surface area contributed by atoms with Crippen molar-refractivity contribution in [2.75, 3.05) is 7.11 Å². The number of esters is 2. The second-order valence-corrected chi connectivity index (χ2v) is 8.67. The van der Waals surface area contributed by atoms with E-state index >= 15 is 0 Å². The van der Waals surface area contributed by atoms with Crippen LogP contribution in [-0.4, -0.2) is 36.2 Å². The molecule has 6 nitrogen and oxygen atoms in total. The van der Waals surface area contributed by atoms with Gasteiger partial charge >= 0.3 is 17.9 Å². The molecule has 0 aliphatic carbocycles. The second-order valence-electron chi connectivity index (χ2n) is 8.67. The van der Waals surface area contributed by atoms with E-state index in [9.17, 15) is 19.5 Å². The van der Waals surface area contributed by atoms with Crippen molar-refractivity contribution in [2.45, 2.75) is 111 Å². The summed E-state index contributed by atoms with van der Waals surface area (Å²) in [5, 5.41) is 9.50. The molecule has 0 aromatic carbocycles. The normalized spacial score (nSPS) is 13.6. The van der Waals surface area contributed by atoms with Gasteiger partial charge in [-0.3, -0.25) is 14.4 Å². The lowest BCUT2D eigenvalue weighted by Crippen LogP contribution is -2.25. The molecule has 170 valence electrons. The van der Waals surface area contributed by atoms with Gasteiger partial charge in [-0.1, -0.05) is 39.0 Å². The molecule has 0 bridgehead atoms. The predicted octanol–water partition coefficient (Wildman–Crippen LogP) is 5.52. The Labute approximate surface area is 176 Å². The maximum absolute atomic E-state index is 11.7. The van der Waals surface area contributed by atoms with Crippen molar-refractivity contribution in [1.82, 2.24) is 0 Å². The van der Waals surface area contributed by atoms with Gasteiger partial charge in [-0.05, 0) is 58.8 Å². The Hall–Kier alpha value is -1.59. The molecular weight excluding hydrogens is 372 g/mol. The molecule has 0 fully saturated rings. The average Bonchev–Trinajstić information content (AvgIpc) is 2.64. The first kappa shape index (κ1) is 27.4. The van der Waals surface area contributed by atoms with Crippen LogP contribution in [0.25, 0.3) is 0 Å². The molecule has 2 unspecified atom stereocenters. The van der Waals surface area contributed by atoms with Gasteiger partial charge in [0, 0.05) is 6.92 Å². The molecule has 1 N–H and O–H groups in total. The Morgan fingerprint density at radius 2 is 1.48 bits per heavy atom. The number of unbranched alkanes of at least 4 members (excludes halogenated alkanes) is 4. The van der Waals surface area contributed by atoms with Crippen LogP contribution in [0.1, 0.15) is 105 Å². The SMILES string of the molecule is CCCCCC(CCCC(CCCCCC(C)(C)C(=O)OC)C(=O)O)OC(C)=O. The largest absolute Gasteiger partial charge is 0.481 e. The lowest BCUT2D eigenvalue weighted by atomic mass is 9.86. The topological polar surface area (TPSA) is 89.9 Å². The summed E-state index contributed by atoms with van der Waals surface area (Å²) < 4.78 is 10.2. The maximum atomic E-state index is 11.7. The fourth-order valence-corrected chi connectivity index (χ4v) is 3.61. The predicted molar refractivity (Wildman–Crippen MR) is 114 cm³/mol. The monoisotopic (exact) mass is 414 g/mol. The third-order valence-corrected chi connectivity index (χ3v) is 5.48. The van der Waals surface area contributed by atoms with Crippen LogP contribution in [0.2, 0.25) is 0 Å². The van der Waals surface area contributed by atoms with Crippen LogP contribution < -0.4 is 0 Å². The van der Waals surface area contributed by atoms with Gasteiger partial charge in [0.05, 0.1) is 18.4 Å². The van der Waals surface area contributed by atoms with Gasteiger partial charge in [0.15, 0.2) is 0 Å². The molecule has 0 rings (SSSR count). The van der Waals surface area contributed by atoms with Crippen LogP contribution in [0, 0.1) is 11.3 Å². The van der Waals surface area contributed by atoms with E-state index in [4.69, 9.17) is 9.47 Å². The number of aliphatic carboxylic acids is 1. The van der Waals surface area contributed by atoms with E-state index < -0.39 is 11.4 Å².